The van der Waals surface area contributed by atoms with Crippen LogP contribution in [0.5, 0.6) is 0 Å². The first-order valence-corrected chi connectivity index (χ1v) is 8.09. The molecule has 1 N–H and O–H groups in total. The lowest BCUT2D eigenvalue weighted by atomic mass is 10.00. The third-order valence-electron chi connectivity index (χ3n) is 4.45. The van der Waals surface area contributed by atoms with Crippen LogP contribution in [0.1, 0.15) is 18.9 Å². The van der Waals surface area contributed by atoms with E-state index in [9.17, 15) is 4.79 Å². The van der Waals surface area contributed by atoms with E-state index in [1.54, 1.807) is 0 Å². The lowest BCUT2D eigenvalue weighted by Gasteiger charge is -2.38. The topological polar surface area (TPSA) is 35.6 Å². The number of hydrogen-bond acceptors (Lipinski definition) is 3. The molecule has 2 heterocycles. The first-order valence-electron chi connectivity index (χ1n) is 7.71. The zero-order valence-corrected chi connectivity index (χ0v) is 13.2. The number of carbonyl (C=O) groups is 1. The number of nitrogens with one attached hydrogen (secondary N) is 1. The van der Waals surface area contributed by atoms with Gasteiger partial charge in [-0.2, -0.15) is 0 Å². The molecule has 1 fully saturated rings. The summed E-state index contributed by atoms with van der Waals surface area (Å²) in [7, 11) is 0. The second-order valence-corrected chi connectivity index (χ2v) is 6.26. The summed E-state index contributed by atoms with van der Waals surface area (Å²) < 4.78 is 0. The molecule has 0 aliphatic carbocycles. The minimum atomic E-state index is -0.108. The van der Waals surface area contributed by atoms with Crippen molar-refractivity contribution < 1.29 is 4.79 Å². The van der Waals surface area contributed by atoms with Gasteiger partial charge in [0.15, 0.2) is 0 Å². The van der Waals surface area contributed by atoms with Crippen molar-refractivity contribution in [2.24, 2.45) is 0 Å². The Kier molecular flexibility index (Phi) is 4.36. The fraction of sp³-hybridized carbons (Fsp3) is 0.562. The largest absolute Gasteiger partial charge is 0.360 e. The van der Waals surface area contributed by atoms with Crippen LogP contribution in [0.4, 0.5) is 5.69 Å². The predicted molar refractivity (Wildman–Crippen MR) is 86.0 cm³/mol. The number of aryl methyl sites for hydroxylation is 1. The van der Waals surface area contributed by atoms with Gasteiger partial charge in [-0.1, -0.05) is 11.6 Å². The third kappa shape index (κ3) is 3.01. The maximum atomic E-state index is 12.7. The molecule has 2 aliphatic rings. The van der Waals surface area contributed by atoms with Crippen molar-refractivity contribution in [1.82, 2.24) is 10.2 Å². The molecular formula is C16H22ClN3O. The Morgan fingerprint density at radius 3 is 2.81 bits per heavy atom. The molecule has 0 aromatic heterocycles. The van der Waals surface area contributed by atoms with Gasteiger partial charge in [0.05, 0.1) is 0 Å². The second-order valence-electron chi connectivity index (χ2n) is 5.82. The summed E-state index contributed by atoms with van der Waals surface area (Å²) in [5.41, 5.74) is 2.43. The highest BCUT2D eigenvalue weighted by atomic mass is 35.5. The Hall–Kier alpha value is -1.26. The summed E-state index contributed by atoms with van der Waals surface area (Å²) in [6.45, 7) is 6.37. The maximum absolute atomic E-state index is 12.7. The number of carbonyl (C=O) groups excluding carboxylic acids is 1. The molecule has 1 aromatic carbocycles. The van der Waals surface area contributed by atoms with Crippen molar-refractivity contribution in [2.75, 3.05) is 37.6 Å². The quantitative estimate of drug-likeness (QED) is 0.906. The summed E-state index contributed by atoms with van der Waals surface area (Å²) in [5, 5.41) is 4.06. The molecule has 0 spiro atoms. The van der Waals surface area contributed by atoms with Crippen molar-refractivity contribution in [1.29, 1.82) is 0 Å². The van der Waals surface area contributed by atoms with E-state index in [4.69, 9.17) is 11.6 Å². The van der Waals surface area contributed by atoms with E-state index in [1.807, 2.05) is 24.0 Å². The summed E-state index contributed by atoms with van der Waals surface area (Å²) in [5.74, 6) is 0.235. The van der Waals surface area contributed by atoms with Crippen LogP contribution in [0.15, 0.2) is 18.2 Å². The zero-order chi connectivity index (χ0) is 14.8. The van der Waals surface area contributed by atoms with Gasteiger partial charge in [0.2, 0.25) is 5.91 Å². The number of piperazine rings is 1. The fourth-order valence-corrected chi connectivity index (χ4v) is 3.47. The van der Waals surface area contributed by atoms with Gasteiger partial charge in [0, 0.05) is 43.4 Å². The van der Waals surface area contributed by atoms with Crippen LogP contribution in [0, 0.1) is 0 Å². The molecule has 3 rings (SSSR count). The first kappa shape index (κ1) is 14.7. The van der Waals surface area contributed by atoms with Gasteiger partial charge in [-0.3, -0.25) is 4.79 Å². The number of rotatable bonds is 2. The van der Waals surface area contributed by atoms with E-state index in [1.165, 1.54) is 11.3 Å². The average Bonchev–Trinajstić information content (AvgIpc) is 2.53. The summed E-state index contributed by atoms with van der Waals surface area (Å²) in [6.07, 6.45) is 2.12. The number of amides is 1. The van der Waals surface area contributed by atoms with Gasteiger partial charge in [0.25, 0.3) is 0 Å². The van der Waals surface area contributed by atoms with Crippen LogP contribution < -0.4 is 10.2 Å². The molecule has 2 aliphatic heterocycles. The monoisotopic (exact) mass is 307 g/mol. The van der Waals surface area contributed by atoms with Gasteiger partial charge in [-0.05, 0) is 43.5 Å². The minimum absolute atomic E-state index is 0.108. The number of fused-ring (bicyclic) bond motifs is 1. The predicted octanol–water partition coefficient (Wildman–Crippen LogP) is 1.91. The van der Waals surface area contributed by atoms with E-state index in [-0.39, 0.29) is 11.9 Å². The van der Waals surface area contributed by atoms with E-state index in [2.05, 4.69) is 16.3 Å². The molecule has 0 radical (unpaired) electrons. The molecule has 114 valence electrons. The molecule has 4 nitrogen and oxygen atoms in total. The van der Waals surface area contributed by atoms with E-state index < -0.39 is 0 Å². The molecule has 0 unspecified atom stereocenters. The average molecular weight is 308 g/mol. The second kappa shape index (κ2) is 6.24. The molecule has 1 atom stereocenters. The number of anilines is 1. The van der Waals surface area contributed by atoms with Gasteiger partial charge in [-0.15, -0.1) is 0 Å². The SMILES string of the molecule is C[C@H](C(=O)N1CCNCC1)N1CCCc2cc(Cl)ccc21. The Labute approximate surface area is 131 Å². The minimum Gasteiger partial charge on any atom is -0.360 e. The fourth-order valence-electron chi connectivity index (χ4n) is 3.28. The number of benzene rings is 1. The lowest BCUT2D eigenvalue weighted by molar-refractivity contribution is -0.132. The lowest BCUT2D eigenvalue weighted by Crippen LogP contribution is -2.54. The summed E-state index contributed by atoms with van der Waals surface area (Å²) in [6, 6.07) is 5.90. The Bertz CT molecular complexity index is 528. The van der Waals surface area contributed by atoms with Crippen LogP contribution in [-0.2, 0) is 11.2 Å². The maximum Gasteiger partial charge on any atom is 0.245 e. The highest BCUT2D eigenvalue weighted by Gasteiger charge is 2.29. The molecule has 21 heavy (non-hydrogen) atoms. The molecule has 1 amide bonds. The van der Waals surface area contributed by atoms with E-state index in [0.29, 0.717) is 0 Å². The van der Waals surface area contributed by atoms with Crippen LogP contribution in [0.2, 0.25) is 5.02 Å². The normalized spacial score (nSPS) is 20.1. The van der Waals surface area contributed by atoms with Crippen molar-refractivity contribution in [3.63, 3.8) is 0 Å². The summed E-state index contributed by atoms with van der Waals surface area (Å²) >= 11 is 6.09. The molecular weight excluding hydrogens is 286 g/mol. The van der Waals surface area contributed by atoms with Crippen molar-refractivity contribution in [3.8, 4) is 0 Å². The zero-order valence-electron chi connectivity index (χ0n) is 12.4. The highest BCUT2D eigenvalue weighted by molar-refractivity contribution is 6.30. The van der Waals surface area contributed by atoms with E-state index in [0.717, 1.165) is 50.6 Å². The molecule has 1 aromatic rings. The number of nitrogens with zero attached hydrogens (tertiary/aromatic N) is 2. The van der Waals surface area contributed by atoms with Gasteiger partial charge < -0.3 is 15.1 Å². The van der Waals surface area contributed by atoms with Crippen molar-refractivity contribution in [3.05, 3.63) is 28.8 Å². The van der Waals surface area contributed by atoms with Crippen LogP contribution in [0.25, 0.3) is 0 Å². The van der Waals surface area contributed by atoms with Crippen LogP contribution in [-0.4, -0.2) is 49.6 Å². The van der Waals surface area contributed by atoms with Crippen molar-refractivity contribution >= 4 is 23.2 Å². The van der Waals surface area contributed by atoms with Gasteiger partial charge in [0.1, 0.15) is 6.04 Å². The van der Waals surface area contributed by atoms with Gasteiger partial charge in [-0.25, -0.2) is 0 Å². The van der Waals surface area contributed by atoms with Crippen LogP contribution >= 0.6 is 11.6 Å². The van der Waals surface area contributed by atoms with Crippen molar-refractivity contribution in [2.45, 2.75) is 25.8 Å². The first-order chi connectivity index (χ1) is 10.2. The van der Waals surface area contributed by atoms with E-state index >= 15 is 0 Å². The highest BCUT2D eigenvalue weighted by Crippen LogP contribution is 2.31. The number of halogens is 1. The molecule has 0 bridgehead atoms. The smallest absolute Gasteiger partial charge is 0.245 e. The molecule has 1 saturated heterocycles. The summed E-state index contributed by atoms with van der Waals surface area (Å²) in [4.78, 5) is 16.9. The third-order valence-corrected chi connectivity index (χ3v) is 4.68. The number of hydrogen-bond donors (Lipinski definition) is 1. The van der Waals surface area contributed by atoms with Gasteiger partial charge >= 0.3 is 0 Å². The Balaban J connectivity index is 1.79. The Morgan fingerprint density at radius 2 is 2.05 bits per heavy atom. The standard InChI is InChI=1S/C16H22ClN3O/c1-12(16(21)19-9-6-18-7-10-19)20-8-2-3-13-11-14(17)4-5-15(13)20/h4-5,11-12,18H,2-3,6-10H2,1H3/t12-/m1/s1. The Morgan fingerprint density at radius 1 is 1.29 bits per heavy atom. The van der Waals surface area contributed by atoms with Crippen LogP contribution in [0.3, 0.4) is 0 Å². The molecule has 0 saturated carbocycles. The molecule has 5 heteroatoms.